The van der Waals surface area contributed by atoms with Gasteiger partial charge in [0.1, 0.15) is 5.82 Å². The lowest BCUT2D eigenvalue weighted by Crippen LogP contribution is -2.43. The first-order chi connectivity index (χ1) is 13.1. The first-order valence-corrected chi connectivity index (χ1v) is 10.8. The summed E-state index contributed by atoms with van der Waals surface area (Å²) in [7, 11) is 0. The lowest BCUT2D eigenvalue weighted by atomic mass is 10.2. The monoisotopic (exact) mass is 385 g/mol. The van der Waals surface area contributed by atoms with Gasteiger partial charge in [-0.25, -0.2) is 9.98 Å². The van der Waals surface area contributed by atoms with Crippen molar-refractivity contribution in [1.82, 2.24) is 15.6 Å². The molecule has 0 saturated carbocycles. The summed E-state index contributed by atoms with van der Waals surface area (Å²) >= 11 is 1.87. The molecule has 0 aliphatic carbocycles. The predicted molar refractivity (Wildman–Crippen MR) is 116 cm³/mol. The maximum atomic E-state index is 4.79. The molecule has 6 heteroatoms. The van der Waals surface area contributed by atoms with E-state index < -0.39 is 0 Å². The van der Waals surface area contributed by atoms with Crippen LogP contribution in [0.15, 0.2) is 35.5 Å². The Morgan fingerprint density at radius 2 is 2.11 bits per heavy atom. The van der Waals surface area contributed by atoms with Crippen LogP contribution in [0, 0.1) is 6.92 Å². The van der Waals surface area contributed by atoms with E-state index in [9.17, 15) is 0 Å². The van der Waals surface area contributed by atoms with E-state index in [2.05, 4.69) is 65.6 Å². The van der Waals surface area contributed by atoms with Crippen LogP contribution in [0.3, 0.4) is 0 Å². The average molecular weight is 386 g/mol. The van der Waals surface area contributed by atoms with Gasteiger partial charge in [-0.3, -0.25) is 0 Å². The molecule has 27 heavy (non-hydrogen) atoms. The van der Waals surface area contributed by atoms with Crippen LogP contribution < -0.4 is 15.5 Å². The molecule has 1 atom stereocenters. The van der Waals surface area contributed by atoms with Crippen molar-refractivity contribution in [3.8, 4) is 0 Å². The fourth-order valence-corrected chi connectivity index (χ4v) is 4.37. The number of aliphatic imine (C=N–C) groups is 1. The summed E-state index contributed by atoms with van der Waals surface area (Å²) in [4.78, 5) is 14.5. The predicted octanol–water partition coefficient (Wildman–Crippen LogP) is 3.74. The maximum Gasteiger partial charge on any atom is 0.191 e. The van der Waals surface area contributed by atoms with Gasteiger partial charge in [0.05, 0.1) is 6.54 Å². The Balaban J connectivity index is 1.60. The van der Waals surface area contributed by atoms with Gasteiger partial charge in [-0.1, -0.05) is 0 Å². The highest BCUT2D eigenvalue weighted by atomic mass is 32.1. The van der Waals surface area contributed by atoms with Gasteiger partial charge in [-0.2, -0.15) is 0 Å². The Morgan fingerprint density at radius 3 is 2.81 bits per heavy atom. The second kappa shape index (κ2) is 9.74. The second-order valence-corrected chi connectivity index (χ2v) is 8.55. The number of aryl methyl sites for hydroxylation is 1. The zero-order valence-electron chi connectivity index (χ0n) is 16.7. The first kappa shape index (κ1) is 19.7. The third kappa shape index (κ3) is 5.96. The molecule has 2 aromatic rings. The summed E-state index contributed by atoms with van der Waals surface area (Å²) in [5.74, 6) is 1.96. The molecule has 3 rings (SSSR count). The lowest BCUT2D eigenvalue weighted by molar-refractivity contribution is 0.645. The summed E-state index contributed by atoms with van der Waals surface area (Å²) in [6.45, 7) is 10.2. The number of nitrogens with one attached hydrogen (secondary N) is 2. The van der Waals surface area contributed by atoms with Crippen molar-refractivity contribution >= 4 is 23.1 Å². The van der Waals surface area contributed by atoms with Gasteiger partial charge in [0, 0.05) is 48.0 Å². The minimum absolute atomic E-state index is 0.332. The zero-order valence-corrected chi connectivity index (χ0v) is 17.5. The number of hydrogen-bond donors (Lipinski definition) is 2. The van der Waals surface area contributed by atoms with E-state index in [4.69, 9.17) is 4.99 Å². The Hall–Kier alpha value is -2.08. The molecule has 5 nitrogen and oxygen atoms in total. The van der Waals surface area contributed by atoms with Crippen molar-refractivity contribution in [3.05, 3.63) is 45.8 Å². The Labute approximate surface area is 166 Å². The summed E-state index contributed by atoms with van der Waals surface area (Å²) in [6, 6.07) is 8.98. The molecule has 0 radical (unpaired) electrons. The van der Waals surface area contributed by atoms with Crippen molar-refractivity contribution in [2.45, 2.75) is 52.6 Å². The standard InChI is InChI=1S/C21H31N5S/c1-4-22-21(25-16(2)13-19-8-7-17(3)27-19)24-15-18-9-10-23-20(14-18)26-11-5-6-12-26/h7-10,14,16H,4-6,11-13,15H2,1-3H3,(H2,22,24,25). The minimum atomic E-state index is 0.332. The molecule has 1 fully saturated rings. The van der Waals surface area contributed by atoms with Crippen molar-refractivity contribution in [2.75, 3.05) is 24.5 Å². The molecule has 146 valence electrons. The number of pyridine rings is 1. The van der Waals surface area contributed by atoms with E-state index in [0.717, 1.165) is 37.8 Å². The number of anilines is 1. The molecule has 0 spiro atoms. The third-order valence-electron chi connectivity index (χ3n) is 4.69. The smallest absolute Gasteiger partial charge is 0.191 e. The maximum absolute atomic E-state index is 4.79. The molecular formula is C21H31N5S. The summed E-state index contributed by atoms with van der Waals surface area (Å²) in [5.41, 5.74) is 1.20. The molecule has 0 amide bonds. The molecule has 2 N–H and O–H groups in total. The second-order valence-electron chi connectivity index (χ2n) is 7.17. The number of nitrogens with zero attached hydrogens (tertiary/aromatic N) is 3. The van der Waals surface area contributed by atoms with Gasteiger partial charge in [0.2, 0.25) is 0 Å². The molecule has 1 aliphatic rings. The van der Waals surface area contributed by atoms with Gasteiger partial charge in [-0.05, 0) is 63.4 Å². The Bertz CT molecular complexity index is 749. The summed E-state index contributed by atoms with van der Waals surface area (Å²) < 4.78 is 0. The van der Waals surface area contributed by atoms with E-state index in [0.29, 0.717) is 12.6 Å². The van der Waals surface area contributed by atoms with Crippen molar-refractivity contribution < 1.29 is 0 Å². The Kier molecular flexibility index (Phi) is 7.10. The number of rotatable bonds is 7. The highest BCUT2D eigenvalue weighted by Gasteiger charge is 2.13. The summed E-state index contributed by atoms with van der Waals surface area (Å²) in [5, 5.41) is 6.90. The Morgan fingerprint density at radius 1 is 1.30 bits per heavy atom. The SMILES string of the molecule is CCNC(=NCc1ccnc(N2CCCC2)c1)NC(C)Cc1ccc(C)s1. The van der Waals surface area contributed by atoms with Crippen LogP contribution in [0.2, 0.25) is 0 Å². The van der Waals surface area contributed by atoms with Crippen LogP contribution in [0.4, 0.5) is 5.82 Å². The molecular weight excluding hydrogens is 354 g/mol. The average Bonchev–Trinajstić information content (AvgIpc) is 3.32. The van der Waals surface area contributed by atoms with Gasteiger partial charge in [-0.15, -0.1) is 11.3 Å². The van der Waals surface area contributed by atoms with E-state index in [1.807, 2.05) is 17.5 Å². The fraction of sp³-hybridized carbons (Fsp3) is 0.524. The van der Waals surface area contributed by atoms with E-state index in [1.165, 1.54) is 28.2 Å². The van der Waals surface area contributed by atoms with Gasteiger partial charge < -0.3 is 15.5 Å². The lowest BCUT2D eigenvalue weighted by Gasteiger charge is -2.18. The molecule has 0 bridgehead atoms. The van der Waals surface area contributed by atoms with Gasteiger partial charge in [0.25, 0.3) is 0 Å². The van der Waals surface area contributed by atoms with Crippen LogP contribution in [-0.2, 0) is 13.0 Å². The normalized spacial score (nSPS) is 15.8. The number of thiophene rings is 1. The molecule has 1 unspecified atom stereocenters. The molecule has 1 aliphatic heterocycles. The van der Waals surface area contributed by atoms with Crippen LogP contribution >= 0.6 is 11.3 Å². The highest BCUT2D eigenvalue weighted by molar-refractivity contribution is 7.11. The number of guanidine groups is 1. The summed E-state index contributed by atoms with van der Waals surface area (Å²) in [6.07, 6.45) is 5.44. The van der Waals surface area contributed by atoms with Crippen molar-refractivity contribution in [2.24, 2.45) is 4.99 Å². The quantitative estimate of drug-likeness (QED) is 0.563. The molecule has 1 saturated heterocycles. The van der Waals surface area contributed by atoms with E-state index in [-0.39, 0.29) is 0 Å². The van der Waals surface area contributed by atoms with Crippen LogP contribution in [0.25, 0.3) is 0 Å². The highest BCUT2D eigenvalue weighted by Crippen LogP contribution is 2.19. The number of aromatic nitrogens is 1. The fourth-order valence-electron chi connectivity index (χ4n) is 3.35. The topological polar surface area (TPSA) is 52.6 Å². The van der Waals surface area contributed by atoms with Crippen LogP contribution in [-0.4, -0.2) is 36.6 Å². The van der Waals surface area contributed by atoms with Crippen LogP contribution in [0.5, 0.6) is 0 Å². The molecule has 0 aromatic carbocycles. The van der Waals surface area contributed by atoms with Gasteiger partial charge in [0.15, 0.2) is 5.96 Å². The minimum Gasteiger partial charge on any atom is -0.357 e. The third-order valence-corrected chi connectivity index (χ3v) is 5.71. The molecule has 2 aromatic heterocycles. The number of hydrogen-bond acceptors (Lipinski definition) is 4. The van der Waals surface area contributed by atoms with E-state index in [1.54, 1.807) is 0 Å². The zero-order chi connectivity index (χ0) is 19.1. The van der Waals surface area contributed by atoms with Gasteiger partial charge >= 0.3 is 0 Å². The van der Waals surface area contributed by atoms with Crippen molar-refractivity contribution in [1.29, 1.82) is 0 Å². The first-order valence-electron chi connectivity index (χ1n) is 9.94. The molecule has 3 heterocycles. The van der Waals surface area contributed by atoms with Crippen LogP contribution in [0.1, 0.15) is 42.0 Å². The largest absolute Gasteiger partial charge is 0.357 e. The van der Waals surface area contributed by atoms with Crippen molar-refractivity contribution in [3.63, 3.8) is 0 Å². The van der Waals surface area contributed by atoms with E-state index >= 15 is 0 Å².